The third-order valence-corrected chi connectivity index (χ3v) is 2.50. The normalized spacial score (nSPS) is 9.94. The van der Waals surface area contributed by atoms with Gasteiger partial charge in [-0.05, 0) is 6.92 Å². The van der Waals surface area contributed by atoms with E-state index in [9.17, 15) is 4.79 Å². The van der Waals surface area contributed by atoms with Gasteiger partial charge in [-0.15, -0.1) is 0 Å². The number of amides is 1. The fourth-order valence-corrected chi connectivity index (χ4v) is 1.79. The summed E-state index contributed by atoms with van der Waals surface area (Å²) < 4.78 is 0. The summed E-state index contributed by atoms with van der Waals surface area (Å²) in [6, 6.07) is 9.55. The Kier molecular flexibility index (Phi) is 2.75. The average Bonchev–Trinajstić information content (AvgIpc) is 2.28. The molecule has 0 saturated heterocycles. The van der Waals surface area contributed by atoms with Crippen molar-refractivity contribution in [2.24, 2.45) is 0 Å². The van der Waals surface area contributed by atoms with Gasteiger partial charge in [-0.2, -0.15) is 5.26 Å². The first-order valence-electron chi connectivity index (χ1n) is 5.20. The lowest BCUT2D eigenvalue weighted by Crippen LogP contribution is -2.09. The second kappa shape index (κ2) is 4.22. The second-order valence-electron chi connectivity index (χ2n) is 3.76. The molecule has 0 aliphatic carbocycles. The maximum atomic E-state index is 11.1. The zero-order valence-corrected chi connectivity index (χ0v) is 9.61. The van der Waals surface area contributed by atoms with Crippen LogP contribution < -0.4 is 5.32 Å². The monoisotopic (exact) mass is 225 g/mol. The highest BCUT2D eigenvalue weighted by molar-refractivity contribution is 6.01. The molecule has 4 nitrogen and oxygen atoms in total. The van der Waals surface area contributed by atoms with Crippen LogP contribution in [0.25, 0.3) is 10.8 Å². The van der Waals surface area contributed by atoms with Crippen LogP contribution in [-0.4, -0.2) is 10.9 Å². The molecule has 2 aromatic rings. The number of carbonyl (C=O) groups is 1. The third-order valence-electron chi connectivity index (χ3n) is 2.50. The van der Waals surface area contributed by atoms with Crippen molar-refractivity contribution in [1.29, 1.82) is 5.26 Å². The molecule has 0 bridgehead atoms. The molecule has 1 amide bonds. The van der Waals surface area contributed by atoms with Gasteiger partial charge >= 0.3 is 0 Å². The topological polar surface area (TPSA) is 65.8 Å². The first-order chi connectivity index (χ1) is 8.13. The summed E-state index contributed by atoms with van der Waals surface area (Å²) in [7, 11) is 0. The maximum Gasteiger partial charge on any atom is 0.222 e. The minimum Gasteiger partial charge on any atom is -0.310 e. The number of hydrogen-bond donors (Lipinski definition) is 1. The molecule has 0 aliphatic rings. The van der Waals surface area contributed by atoms with E-state index >= 15 is 0 Å². The van der Waals surface area contributed by atoms with Crippen molar-refractivity contribution < 1.29 is 4.79 Å². The van der Waals surface area contributed by atoms with Crippen LogP contribution in [0.15, 0.2) is 24.3 Å². The number of benzene rings is 1. The van der Waals surface area contributed by atoms with E-state index in [4.69, 9.17) is 5.26 Å². The van der Waals surface area contributed by atoms with Gasteiger partial charge in [-0.1, -0.05) is 24.3 Å². The molecule has 2 rings (SSSR count). The number of carbonyl (C=O) groups excluding carboxylic acids is 1. The highest BCUT2D eigenvalue weighted by Crippen LogP contribution is 2.26. The van der Waals surface area contributed by atoms with Crippen molar-refractivity contribution in [1.82, 2.24) is 4.98 Å². The van der Waals surface area contributed by atoms with Crippen molar-refractivity contribution >= 4 is 22.5 Å². The molecule has 4 heteroatoms. The molecular formula is C13H11N3O. The number of fused-ring (bicyclic) bond motifs is 1. The standard InChI is InChI=1S/C13H11N3O/c1-8-12(7-14)10-5-3-4-6-11(10)13(15-8)16-9(2)17/h3-6H,1-2H3,(H,15,16,17). The lowest BCUT2D eigenvalue weighted by molar-refractivity contribution is -0.114. The Morgan fingerprint density at radius 3 is 2.59 bits per heavy atom. The number of anilines is 1. The molecule has 0 unspecified atom stereocenters. The summed E-state index contributed by atoms with van der Waals surface area (Å²) in [5, 5.41) is 13.4. The minimum atomic E-state index is -0.174. The number of nitrogens with one attached hydrogen (secondary N) is 1. The quantitative estimate of drug-likeness (QED) is 0.810. The predicted molar refractivity (Wildman–Crippen MR) is 65.5 cm³/mol. The number of aryl methyl sites for hydroxylation is 1. The highest BCUT2D eigenvalue weighted by atomic mass is 16.1. The number of aromatic nitrogens is 1. The van der Waals surface area contributed by atoms with Crippen LogP contribution in [0.1, 0.15) is 18.2 Å². The summed E-state index contributed by atoms with van der Waals surface area (Å²) in [5.41, 5.74) is 1.17. The van der Waals surface area contributed by atoms with Crippen LogP contribution in [0, 0.1) is 18.3 Å². The van der Waals surface area contributed by atoms with Crippen molar-refractivity contribution in [3.63, 3.8) is 0 Å². The van der Waals surface area contributed by atoms with Crippen LogP contribution in [0.4, 0.5) is 5.82 Å². The van der Waals surface area contributed by atoms with Gasteiger partial charge < -0.3 is 5.32 Å². The van der Waals surface area contributed by atoms with Crippen LogP contribution >= 0.6 is 0 Å². The summed E-state index contributed by atoms with van der Waals surface area (Å²) >= 11 is 0. The van der Waals surface area contributed by atoms with E-state index in [1.165, 1.54) is 6.92 Å². The molecule has 0 spiro atoms. The summed E-state index contributed by atoms with van der Waals surface area (Å²) in [5.74, 6) is 0.330. The first kappa shape index (κ1) is 11.1. The number of nitriles is 1. The fraction of sp³-hybridized carbons (Fsp3) is 0.154. The van der Waals surface area contributed by atoms with E-state index in [1.54, 1.807) is 6.92 Å². The Morgan fingerprint density at radius 1 is 1.35 bits per heavy atom. The lowest BCUT2D eigenvalue weighted by atomic mass is 10.0. The molecule has 1 N–H and O–H groups in total. The minimum absolute atomic E-state index is 0.174. The van der Waals surface area contributed by atoms with Crippen molar-refractivity contribution in [2.45, 2.75) is 13.8 Å². The molecular weight excluding hydrogens is 214 g/mol. The molecule has 0 fully saturated rings. The highest BCUT2D eigenvalue weighted by Gasteiger charge is 2.11. The van der Waals surface area contributed by atoms with Crippen LogP contribution in [-0.2, 0) is 4.79 Å². The smallest absolute Gasteiger partial charge is 0.222 e. The van der Waals surface area contributed by atoms with Gasteiger partial charge in [0.1, 0.15) is 11.9 Å². The van der Waals surface area contributed by atoms with Gasteiger partial charge in [0.2, 0.25) is 5.91 Å². The van der Waals surface area contributed by atoms with Gasteiger partial charge in [-0.25, -0.2) is 4.98 Å². The SMILES string of the molecule is CC(=O)Nc1nc(C)c(C#N)c2ccccc12. The predicted octanol–water partition coefficient (Wildman–Crippen LogP) is 2.37. The summed E-state index contributed by atoms with van der Waals surface area (Å²) in [6.45, 7) is 3.19. The lowest BCUT2D eigenvalue weighted by Gasteiger charge is -2.09. The van der Waals surface area contributed by atoms with E-state index < -0.39 is 0 Å². The summed E-state index contributed by atoms with van der Waals surface area (Å²) in [4.78, 5) is 15.4. The Morgan fingerprint density at radius 2 is 2.00 bits per heavy atom. The zero-order valence-electron chi connectivity index (χ0n) is 9.61. The molecule has 17 heavy (non-hydrogen) atoms. The van der Waals surface area contributed by atoms with Gasteiger partial charge in [0.15, 0.2) is 0 Å². The molecule has 0 radical (unpaired) electrons. The summed E-state index contributed by atoms with van der Waals surface area (Å²) in [6.07, 6.45) is 0. The molecule has 0 saturated carbocycles. The Balaban J connectivity index is 2.80. The van der Waals surface area contributed by atoms with Gasteiger partial charge in [0.25, 0.3) is 0 Å². The average molecular weight is 225 g/mol. The van der Waals surface area contributed by atoms with E-state index in [1.807, 2.05) is 24.3 Å². The van der Waals surface area contributed by atoms with Crippen molar-refractivity contribution in [3.8, 4) is 6.07 Å². The molecule has 0 aliphatic heterocycles. The second-order valence-corrected chi connectivity index (χ2v) is 3.76. The Labute approximate surface area is 98.9 Å². The zero-order chi connectivity index (χ0) is 12.4. The number of nitrogens with zero attached hydrogens (tertiary/aromatic N) is 2. The molecule has 0 atom stereocenters. The van der Waals surface area contributed by atoms with Gasteiger partial charge in [-0.3, -0.25) is 4.79 Å². The van der Waals surface area contributed by atoms with E-state index in [-0.39, 0.29) is 5.91 Å². The largest absolute Gasteiger partial charge is 0.310 e. The third kappa shape index (κ3) is 1.95. The van der Waals surface area contributed by atoms with Crippen LogP contribution in [0.3, 0.4) is 0 Å². The molecule has 1 aromatic carbocycles. The fourth-order valence-electron chi connectivity index (χ4n) is 1.79. The Hall–Kier alpha value is -2.41. The van der Waals surface area contributed by atoms with Crippen molar-refractivity contribution in [3.05, 3.63) is 35.5 Å². The van der Waals surface area contributed by atoms with E-state index in [0.717, 1.165) is 10.8 Å². The van der Waals surface area contributed by atoms with Crippen LogP contribution in [0.2, 0.25) is 0 Å². The molecule has 1 aromatic heterocycles. The molecule has 1 heterocycles. The Bertz CT molecular complexity index is 641. The van der Waals surface area contributed by atoms with E-state index in [0.29, 0.717) is 17.1 Å². The van der Waals surface area contributed by atoms with Crippen molar-refractivity contribution in [2.75, 3.05) is 5.32 Å². The van der Waals surface area contributed by atoms with Gasteiger partial charge in [0.05, 0.1) is 11.3 Å². The number of hydrogen-bond acceptors (Lipinski definition) is 3. The first-order valence-corrected chi connectivity index (χ1v) is 5.20. The van der Waals surface area contributed by atoms with E-state index in [2.05, 4.69) is 16.4 Å². The van der Waals surface area contributed by atoms with Crippen LogP contribution in [0.5, 0.6) is 0 Å². The number of rotatable bonds is 1. The maximum absolute atomic E-state index is 11.1. The van der Waals surface area contributed by atoms with Gasteiger partial charge in [0, 0.05) is 17.7 Å². The molecule has 84 valence electrons. The number of pyridine rings is 1.